The minimum atomic E-state index is -2.44. The summed E-state index contributed by atoms with van der Waals surface area (Å²) < 4.78 is 25.5. The van der Waals surface area contributed by atoms with Gasteiger partial charge in [0.15, 0.2) is 0 Å². The number of hydrogen-bond acceptors (Lipinski definition) is 0. The van der Waals surface area contributed by atoms with Crippen LogP contribution in [0.3, 0.4) is 0 Å². The fourth-order valence-electron chi connectivity index (χ4n) is 1.42. The van der Waals surface area contributed by atoms with Crippen molar-refractivity contribution >= 4 is 26.7 Å². The van der Waals surface area contributed by atoms with Crippen molar-refractivity contribution in [1.29, 1.82) is 0 Å². The van der Waals surface area contributed by atoms with Crippen molar-refractivity contribution in [2.45, 2.75) is 6.43 Å². The Bertz CT molecular complexity index is 466. The van der Waals surface area contributed by atoms with Crippen LogP contribution in [0.5, 0.6) is 0 Å². The van der Waals surface area contributed by atoms with Crippen LogP contribution in [0.1, 0.15) is 12.0 Å². The van der Waals surface area contributed by atoms with Gasteiger partial charge >= 0.3 is 0 Å². The number of hydrogen-bond donors (Lipinski definition) is 0. The van der Waals surface area contributed by atoms with Crippen molar-refractivity contribution in [3.05, 3.63) is 46.4 Å². The number of halogens is 3. The van der Waals surface area contributed by atoms with E-state index in [1.807, 2.05) is 24.3 Å². The predicted octanol–water partition coefficient (Wildman–Crippen LogP) is 4.54. The molecule has 0 amide bonds. The van der Waals surface area contributed by atoms with Crippen molar-refractivity contribution in [1.82, 2.24) is 0 Å². The molecule has 0 unspecified atom stereocenters. The molecule has 0 saturated heterocycles. The first-order valence-electron chi connectivity index (χ1n) is 4.15. The van der Waals surface area contributed by atoms with E-state index in [2.05, 4.69) is 15.9 Å². The highest BCUT2D eigenvalue weighted by Crippen LogP contribution is 2.33. The molecule has 0 saturated carbocycles. The molecule has 0 aliphatic carbocycles. The van der Waals surface area contributed by atoms with Crippen molar-refractivity contribution in [2.75, 3.05) is 0 Å². The summed E-state index contributed by atoms with van der Waals surface area (Å²) >= 11 is 3.20. The molecule has 14 heavy (non-hydrogen) atoms. The van der Waals surface area contributed by atoms with Crippen molar-refractivity contribution < 1.29 is 8.78 Å². The lowest BCUT2D eigenvalue weighted by Gasteiger charge is -2.06. The molecule has 0 N–H and O–H groups in total. The summed E-state index contributed by atoms with van der Waals surface area (Å²) in [7, 11) is 0. The lowest BCUT2D eigenvalue weighted by molar-refractivity contribution is 0.151. The first-order valence-corrected chi connectivity index (χ1v) is 4.95. The van der Waals surface area contributed by atoms with Crippen molar-refractivity contribution in [2.24, 2.45) is 0 Å². The van der Waals surface area contributed by atoms with E-state index in [0.29, 0.717) is 4.47 Å². The molecule has 2 aromatic carbocycles. The van der Waals surface area contributed by atoms with Gasteiger partial charge < -0.3 is 0 Å². The van der Waals surface area contributed by atoms with Crippen LogP contribution in [-0.2, 0) is 0 Å². The summed E-state index contributed by atoms with van der Waals surface area (Å²) in [5, 5.41) is 1.79. The molecule has 0 fully saturated rings. The Kier molecular flexibility index (Phi) is 2.50. The second kappa shape index (κ2) is 3.65. The zero-order valence-electron chi connectivity index (χ0n) is 7.18. The molecule has 72 valence electrons. The average Bonchev–Trinajstić information content (AvgIpc) is 2.18. The van der Waals surface area contributed by atoms with Crippen LogP contribution in [0.2, 0.25) is 0 Å². The molecule has 0 atom stereocenters. The van der Waals surface area contributed by atoms with Crippen LogP contribution < -0.4 is 0 Å². The minimum absolute atomic E-state index is 0.0451. The van der Waals surface area contributed by atoms with Crippen LogP contribution in [-0.4, -0.2) is 0 Å². The van der Waals surface area contributed by atoms with Gasteiger partial charge in [0.2, 0.25) is 0 Å². The smallest absolute Gasteiger partial charge is 0.205 e. The van der Waals surface area contributed by atoms with E-state index in [4.69, 9.17) is 0 Å². The first kappa shape index (κ1) is 9.59. The molecule has 0 bridgehead atoms. The van der Waals surface area contributed by atoms with Gasteiger partial charge in [0.25, 0.3) is 6.43 Å². The summed E-state index contributed by atoms with van der Waals surface area (Å²) in [6.07, 6.45) is -2.44. The van der Waals surface area contributed by atoms with Crippen molar-refractivity contribution in [3.63, 3.8) is 0 Å². The van der Waals surface area contributed by atoms with E-state index >= 15 is 0 Å². The van der Waals surface area contributed by atoms with E-state index in [1.165, 1.54) is 6.07 Å². The molecular formula is C11H7BrF2. The van der Waals surface area contributed by atoms with Crippen LogP contribution in [0, 0.1) is 0 Å². The molecule has 0 aliphatic rings. The normalized spacial score (nSPS) is 11.1. The largest absolute Gasteiger partial charge is 0.264 e. The third-order valence-electron chi connectivity index (χ3n) is 2.13. The maximum absolute atomic E-state index is 12.5. The minimum Gasteiger partial charge on any atom is -0.205 e. The van der Waals surface area contributed by atoms with E-state index in [1.54, 1.807) is 6.07 Å². The maximum Gasteiger partial charge on any atom is 0.264 e. The average molecular weight is 257 g/mol. The Labute approximate surface area is 88.7 Å². The van der Waals surface area contributed by atoms with Gasteiger partial charge in [-0.2, -0.15) is 0 Å². The van der Waals surface area contributed by atoms with Crippen LogP contribution in [0.4, 0.5) is 8.78 Å². The van der Waals surface area contributed by atoms with Gasteiger partial charge in [0.1, 0.15) is 0 Å². The molecule has 0 nitrogen and oxygen atoms in total. The third kappa shape index (κ3) is 1.52. The zero-order valence-corrected chi connectivity index (χ0v) is 8.76. The molecule has 0 spiro atoms. The van der Waals surface area contributed by atoms with E-state index in [-0.39, 0.29) is 5.56 Å². The Morgan fingerprint density at radius 2 is 1.71 bits per heavy atom. The molecule has 3 heteroatoms. The van der Waals surface area contributed by atoms with E-state index < -0.39 is 6.43 Å². The van der Waals surface area contributed by atoms with Gasteiger partial charge in [-0.3, -0.25) is 0 Å². The topological polar surface area (TPSA) is 0 Å². The molecule has 0 heterocycles. The molecule has 0 aliphatic heterocycles. The summed E-state index contributed by atoms with van der Waals surface area (Å²) in [6.45, 7) is 0. The number of alkyl halides is 2. The summed E-state index contributed by atoms with van der Waals surface area (Å²) in [6, 6.07) is 10.6. The van der Waals surface area contributed by atoms with Gasteiger partial charge in [-0.15, -0.1) is 0 Å². The Hall–Kier alpha value is -0.960. The van der Waals surface area contributed by atoms with Crippen molar-refractivity contribution in [3.8, 4) is 0 Å². The predicted molar refractivity (Wildman–Crippen MR) is 56.6 cm³/mol. The lowest BCUT2D eigenvalue weighted by Crippen LogP contribution is -1.87. The van der Waals surface area contributed by atoms with Gasteiger partial charge in [0.05, 0.1) is 0 Å². The lowest BCUT2D eigenvalue weighted by atomic mass is 10.1. The quantitative estimate of drug-likeness (QED) is 0.703. The van der Waals surface area contributed by atoms with Gasteiger partial charge in [0, 0.05) is 10.0 Å². The number of benzene rings is 2. The summed E-state index contributed by atoms with van der Waals surface area (Å²) in [5.74, 6) is 0. The zero-order chi connectivity index (χ0) is 10.1. The SMILES string of the molecule is FC(F)c1ccc2ccccc2c1Br. The standard InChI is InChI=1S/C11H7BrF2/c12-10-8-4-2-1-3-7(8)5-6-9(10)11(13)14/h1-6,11H. The van der Waals surface area contributed by atoms with Crippen LogP contribution in [0.15, 0.2) is 40.9 Å². The highest BCUT2D eigenvalue weighted by atomic mass is 79.9. The Morgan fingerprint density at radius 1 is 1.00 bits per heavy atom. The van der Waals surface area contributed by atoms with E-state index in [0.717, 1.165) is 10.8 Å². The second-order valence-electron chi connectivity index (χ2n) is 2.99. The molecular weight excluding hydrogens is 250 g/mol. The van der Waals surface area contributed by atoms with Crippen LogP contribution >= 0.6 is 15.9 Å². The fourth-order valence-corrected chi connectivity index (χ4v) is 2.09. The number of rotatable bonds is 1. The first-order chi connectivity index (χ1) is 6.70. The second-order valence-corrected chi connectivity index (χ2v) is 3.78. The summed E-state index contributed by atoms with van der Waals surface area (Å²) in [5.41, 5.74) is 0.0451. The van der Waals surface area contributed by atoms with Gasteiger partial charge in [-0.1, -0.05) is 36.4 Å². The third-order valence-corrected chi connectivity index (χ3v) is 3.01. The van der Waals surface area contributed by atoms with Crippen LogP contribution in [0.25, 0.3) is 10.8 Å². The highest BCUT2D eigenvalue weighted by molar-refractivity contribution is 9.10. The molecule has 0 aromatic heterocycles. The fraction of sp³-hybridized carbons (Fsp3) is 0.0909. The van der Waals surface area contributed by atoms with E-state index in [9.17, 15) is 8.78 Å². The van der Waals surface area contributed by atoms with Gasteiger partial charge in [-0.25, -0.2) is 8.78 Å². The molecule has 2 aromatic rings. The number of fused-ring (bicyclic) bond motifs is 1. The monoisotopic (exact) mass is 256 g/mol. The Balaban J connectivity index is 2.75. The molecule has 0 radical (unpaired) electrons. The maximum atomic E-state index is 12.5. The Morgan fingerprint density at radius 3 is 2.43 bits per heavy atom. The highest BCUT2D eigenvalue weighted by Gasteiger charge is 2.12. The van der Waals surface area contributed by atoms with Gasteiger partial charge in [-0.05, 0) is 26.7 Å². The molecule has 2 rings (SSSR count). The summed E-state index contributed by atoms with van der Waals surface area (Å²) in [4.78, 5) is 0.